The molecule has 0 saturated carbocycles. The van der Waals surface area contributed by atoms with E-state index in [-0.39, 0.29) is 0 Å². The highest BCUT2D eigenvalue weighted by Crippen LogP contribution is 2.20. The Labute approximate surface area is 120 Å². The van der Waals surface area contributed by atoms with Crippen molar-refractivity contribution >= 4 is 11.6 Å². The summed E-state index contributed by atoms with van der Waals surface area (Å²) in [6, 6.07) is 19.1. The molecule has 0 bridgehead atoms. The summed E-state index contributed by atoms with van der Waals surface area (Å²) in [5, 5.41) is 4.42. The van der Waals surface area contributed by atoms with Gasteiger partial charge < -0.3 is 5.32 Å². The standard InChI is InChI=1S/C17H20ClN/c1-2-11-19-17(15-8-4-3-5-9-15)13-14-7-6-10-16(18)12-14/h3-10,12,17,19H,2,11,13H2,1H3. The van der Waals surface area contributed by atoms with Gasteiger partial charge >= 0.3 is 0 Å². The van der Waals surface area contributed by atoms with Gasteiger partial charge in [-0.2, -0.15) is 0 Å². The molecule has 0 heterocycles. The van der Waals surface area contributed by atoms with Crippen molar-refractivity contribution in [3.63, 3.8) is 0 Å². The van der Waals surface area contributed by atoms with Gasteiger partial charge in [0, 0.05) is 11.1 Å². The van der Waals surface area contributed by atoms with Crippen LogP contribution in [0.3, 0.4) is 0 Å². The summed E-state index contributed by atoms with van der Waals surface area (Å²) in [5.41, 5.74) is 2.60. The summed E-state index contributed by atoms with van der Waals surface area (Å²) in [4.78, 5) is 0. The third kappa shape index (κ3) is 4.38. The van der Waals surface area contributed by atoms with Gasteiger partial charge in [0.05, 0.1) is 0 Å². The van der Waals surface area contributed by atoms with Gasteiger partial charge in [-0.05, 0) is 42.6 Å². The van der Waals surface area contributed by atoms with Crippen LogP contribution in [0.15, 0.2) is 54.6 Å². The maximum absolute atomic E-state index is 6.06. The largest absolute Gasteiger partial charge is 0.310 e. The molecule has 0 aliphatic carbocycles. The molecule has 0 aliphatic rings. The van der Waals surface area contributed by atoms with Gasteiger partial charge in [-0.3, -0.25) is 0 Å². The highest BCUT2D eigenvalue weighted by atomic mass is 35.5. The van der Waals surface area contributed by atoms with Crippen molar-refractivity contribution < 1.29 is 0 Å². The van der Waals surface area contributed by atoms with Crippen LogP contribution in [0.25, 0.3) is 0 Å². The Morgan fingerprint density at radius 2 is 1.84 bits per heavy atom. The Balaban J connectivity index is 2.14. The van der Waals surface area contributed by atoms with Gasteiger partial charge in [-0.15, -0.1) is 0 Å². The average Bonchev–Trinajstić information content (AvgIpc) is 2.44. The fourth-order valence-electron chi connectivity index (χ4n) is 2.21. The molecule has 0 spiro atoms. The monoisotopic (exact) mass is 273 g/mol. The fraction of sp³-hybridized carbons (Fsp3) is 0.294. The molecule has 0 aromatic heterocycles. The molecule has 0 fully saturated rings. The van der Waals surface area contributed by atoms with E-state index < -0.39 is 0 Å². The van der Waals surface area contributed by atoms with Crippen LogP contribution in [0.4, 0.5) is 0 Å². The van der Waals surface area contributed by atoms with E-state index in [4.69, 9.17) is 11.6 Å². The number of halogens is 1. The van der Waals surface area contributed by atoms with Gasteiger partial charge in [-0.25, -0.2) is 0 Å². The molecule has 1 unspecified atom stereocenters. The Morgan fingerprint density at radius 3 is 2.53 bits per heavy atom. The SMILES string of the molecule is CCCNC(Cc1cccc(Cl)c1)c1ccccc1. The third-order valence-electron chi connectivity index (χ3n) is 3.17. The van der Waals surface area contributed by atoms with Gasteiger partial charge in [0.2, 0.25) is 0 Å². The normalized spacial score (nSPS) is 12.3. The van der Waals surface area contributed by atoms with Crippen molar-refractivity contribution in [1.82, 2.24) is 5.32 Å². The Bertz CT molecular complexity index is 496. The first kappa shape index (κ1) is 14.1. The Kier molecular flexibility index (Phi) is 5.44. The van der Waals surface area contributed by atoms with Gasteiger partial charge in [0.25, 0.3) is 0 Å². The zero-order valence-corrected chi connectivity index (χ0v) is 12.0. The van der Waals surface area contributed by atoms with Crippen molar-refractivity contribution in [2.75, 3.05) is 6.54 Å². The summed E-state index contributed by atoms with van der Waals surface area (Å²) in [7, 11) is 0. The van der Waals surface area contributed by atoms with Gasteiger partial charge in [-0.1, -0.05) is 61.0 Å². The lowest BCUT2D eigenvalue weighted by atomic mass is 9.99. The summed E-state index contributed by atoms with van der Waals surface area (Å²) in [6.07, 6.45) is 2.10. The lowest BCUT2D eigenvalue weighted by Crippen LogP contribution is -2.24. The summed E-state index contributed by atoms with van der Waals surface area (Å²) >= 11 is 6.06. The van der Waals surface area contributed by atoms with Crippen molar-refractivity contribution in [3.8, 4) is 0 Å². The van der Waals surface area contributed by atoms with E-state index in [2.05, 4.69) is 48.6 Å². The van der Waals surface area contributed by atoms with Crippen LogP contribution in [0.2, 0.25) is 5.02 Å². The molecule has 1 N–H and O–H groups in total. The van der Waals surface area contributed by atoms with Crippen LogP contribution in [0.1, 0.15) is 30.5 Å². The smallest absolute Gasteiger partial charge is 0.0408 e. The van der Waals surface area contributed by atoms with E-state index in [1.165, 1.54) is 11.1 Å². The molecule has 0 saturated heterocycles. The highest BCUT2D eigenvalue weighted by Gasteiger charge is 2.11. The summed E-state index contributed by atoms with van der Waals surface area (Å²) in [6.45, 7) is 3.22. The molecular formula is C17H20ClN. The number of rotatable bonds is 6. The first-order valence-electron chi connectivity index (χ1n) is 6.82. The van der Waals surface area contributed by atoms with Crippen LogP contribution < -0.4 is 5.32 Å². The number of hydrogen-bond donors (Lipinski definition) is 1. The predicted octanol–water partition coefficient (Wildman–Crippen LogP) is 4.62. The molecule has 1 atom stereocenters. The molecular weight excluding hydrogens is 254 g/mol. The van der Waals surface area contributed by atoms with Crippen LogP contribution in [-0.2, 0) is 6.42 Å². The van der Waals surface area contributed by atoms with Crippen LogP contribution in [0.5, 0.6) is 0 Å². The maximum atomic E-state index is 6.06. The molecule has 100 valence electrons. The summed E-state index contributed by atoms with van der Waals surface area (Å²) < 4.78 is 0. The van der Waals surface area contributed by atoms with Crippen LogP contribution in [-0.4, -0.2) is 6.54 Å². The second-order valence-corrected chi connectivity index (χ2v) is 5.19. The molecule has 2 aromatic rings. The van der Waals surface area contributed by atoms with E-state index in [0.29, 0.717) is 6.04 Å². The molecule has 19 heavy (non-hydrogen) atoms. The van der Waals surface area contributed by atoms with E-state index in [9.17, 15) is 0 Å². The minimum atomic E-state index is 0.347. The van der Waals surface area contributed by atoms with Gasteiger partial charge in [0.15, 0.2) is 0 Å². The van der Waals surface area contributed by atoms with Crippen molar-refractivity contribution in [2.24, 2.45) is 0 Å². The van der Waals surface area contributed by atoms with Crippen LogP contribution >= 0.6 is 11.6 Å². The van der Waals surface area contributed by atoms with E-state index in [1.54, 1.807) is 0 Å². The minimum absolute atomic E-state index is 0.347. The first-order chi connectivity index (χ1) is 9.29. The molecule has 0 radical (unpaired) electrons. The predicted molar refractivity (Wildman–Crippen MR) is 82.6 cm³/mol. The average molecular weight is 274 g/mol. The Hall–Kier alpha value is -1.31. The zero-order chi connectivity index (χ0) is 13.5. The van der Waals surface area contributed by atoms with Crippen molar-refractivity contribution in [2.45, 2.75) is 25.8 Å². The second-order valence-electron chi connectivity index (χ2n) is 4.75. The molecule has 1 nitrogen and oxygen atoms in total. The Morgan fingerprint density at radius 1 is 1.05 bits per heavy atom. The molecule has 0 amide bonds. The van der Waals surface area contributed by atoms with E-state index in [0.717, 1.165) is 24.4 Å². The van der Waals surface area contributed by atoms with E-state index in [1.807, 2.05) is 18.2 Å². The quantitative estimate of drug-likeness (QED) is 0.810. The third-order valence-corrected chi connectivity index (χ3v) is 3.41. The number of hydrogen-bond acceptors (Lipinski definition) is 1. The zero-order valence-electron chi connectivity index (χ0n) is 11.3. The maximum Gasteiger partial charge on any atom is 0.0408 e. The fourth-order valence-corrected chi connectivity index (χ4v) is 2.42. The topological polar surface area (TPSA) is 12.0 Å². The molecule has 0 aliphatic heterocycles. The highest BCUT2D eigenvalue weighted by molar-refractivity contribution is 6.30. The van der Waals surface area contributed by atoms with Crippen molar-refractivity contribution in [1.29, 1.82) is 0 Å². The molecule has 2 rings (SSSR count). The second kappa shape index (κ2) is 7.32. The molecule has 2 heteroatoms. The van der Waals surface area contributed by atoms with Crippen LogP contribution in [0, 0.1) is 0 Å². The number of nitrogens with one attached hydrogen (secondary N) is 1. The summed E-state index contributed by atoms with van der Waals surface area (Å²) in [5.74, 6) is 0. The van der Waals surface area contributed by atoms with Gasteiger partial charge in [0.1, 0.15) is 0 Å². The molecule has 2 aromatic carbocycles. The van der Waals surface area contributed by atoms with Crippen molar-refractivity contribution in [3.05, 3.63) is 70.7 Å². The minimum Gasteiger partial charge on any atom is -0.310 e. The number of benzene rings is 2. The first-order valence-corrected chi connectivity index (χ1v) is 7.20. The lowest BCUT2D eigenvalue weighted by Gasteiger charge is -2.19. The van der Waals surface area contributed by atoms with E-state index >= 15 is 0 Å². The lowest BCUT2D eigenvalue weighted by molar-refractivity contribution is 0.529.